The Morgan fingerprint density at radius 2 is 2.06 bits per heavy atom. The lowest BCUT2D eigenvalue weighted by atomic mass is 10.1. The third kappa shape index (κ3) is 3.74. The molecular weight excluding hydrogens is 238 g/mol. The first-order chi connectivity index (χ1) is 8.43. The third-order valence-electron chi connectivity index (χ3n) is 2.25. The van der Waals surface area contributed by atoms with Crippen molar-refractivity contribution in [3.05, 3.63) is 23.8 Å². The monoisotopic (exact) mass is 253 g/mol. The van der Waals surface area contributed by atoms with Crippen molar-refractivity contribution in [1.29, 1.82) is 0 Å². The normalized spacial score (nSPS) is 11.7. The van der Waals surface area contributed by atoms with E-state index >= 15 is 0 Å². The van der Waals surface area contributed by atoms with Gasteiger partial charge in [-0.2, -0.15) is 0 Å². The average molecular weight is 253 g/mol. The summed E-state index contributed by atoms with van der Waals surface area (Å²) in [5.74, 6) is -0.876. The van der Waals surface area contributed by atoms with Crippen molar-refractivity contribution < 1.29 is 24.2 Å². The lowest BCUT2D eigenvalue weighted by molar-refractivity contribution is -0.138. The van der Waals surface area contributed by atoms with Gasteiger partial charge in [-0.25, -0.2) is 0 Å². The Morgan fingerprint density at radius 1 is 1.39 bits per heavy atom. The number of hydrogen-bond donors (Lipinski definition) is 2. The Morgan fingerprint density at radius 3 is 2.56 bits per heavy atom. The van der Waals surface area contributed by atoms with E-state index in [1.807, 2.05) is 0 Å². The van der Waals surface area contributed by atoms with Crippen LogP contribution in [-0.4, -0.2) is 30.2 Å². The number of esters is 1. The number of rotatable bonds is 5. The molecule has 1 atom stereocenters. The summed E-state index contributed by atoms with van der Waals surface area (Å²) >= 11 is 0. The van der Waals surface area contributed by atoms with E-state index < -0.39 is 18.0 Å². The molecule has 0 aliphatic heterocycles. The van der Waals surface area contributed by atoms with Crippen molar-refractivity contribution in [3.63, 3.8) is 0 Å². The Hall–Kier alpha value is -2.08. The quantitative estimate of drug-likeness (QED) is 0.588. The fourth-order valence-corrected chi connectivity index (χ4v) is 1.42. The van der Waals surface area contributed by atoms with E-state index in [9.17, 15) is 9.59 Å². The van der Waals surface area contributed by atoms with Crippen LogP contribution in [0.3, 0.4) is 0 Å². The Balaban J connectivity index is 2.91. The number of hydrogen-bond acceptors (Lipinski definition) is 5. The molecule has 98 valence electrons. The number of ether oxygens (including phenoxy) is 2. The molecule has 1 aromatic rings. The summed E-state index contributed by atoms with van der Waals surface area (Å²) < 4.78 is 10.00. The molecule has 0 aliphatic rings. The molecule has 1 unspecified atom stereocenters. The smallest absolute Gasteiger partial charge is 0.320 e. The van der Waals surface area contributed by atoms with Gasteiger partial charge in [0.15, 0.2) is 11.5 Å². The second kappa shape index (κ2) is 6.02. The molecule has 0 spiro atoms. The van der Waals surface area contributed by atoms with Crippen molar-refractivity contribution in [3.8, 4) is 11.5 Å². The van der Waals surface area contributed by atoms with Gasteiger partial charge in [0, 0.05) is 6.92 Å². The van der Waals surface area contributed by atoms with Crippen molar-refractivity contribution in [2.75, 3.05) is 7.11 Å². The lowest BCUT2D eigenvalue weighted by Gasteiger charge is -2.11. The van der Waals surface area contributed by atoms with E-state index in [-0.39, 0.29) is 12.2 Å². The molecule has 0 aliphatic carbocycles. The van der Waals surface area contributed by atoms with Crippen LogP contribution in [0.25, 0.3) is 0 Å². The third-order valence-corrected chi connectivity index (χ3v) is 2.25. The van der Waals surface area contributed by atoms with Gasteiger partial charge in [-0.1, -0.05) is 6.07 Å². The predicted molar refractivity (Wildman–Crippen MR) is 63.6 cm³/mol. The first-order valence-electron chi connectivity index (χ1n) is 5.27. The van der Waals surface area contributed by atoms with Crippen LogP contribution in [0.5, 0.6) is 11.5 Å². The molecule has 0 bridgehead atoms. The topological polar surface area (TPSA) is 98.8 Å². The summed E-state index contributed by atoms with van der Waals surface area (Å²) in [6.45, 7) is 1.29. The van der Waals surface area contributed by atoms with Crippen LogP contribution in [0.1, 0.15) is 12.5 Å². The zero-order chi connectivity index (χ0) is 13.7. The minimum absolute atomic E-state index is 0.173. The molecule has 1 rings (SSSR count). The van der Waals surface area contributed by atoms with E-state index in [1.165, 1.54) is 14.0 Å². The largest absolute Gasteiger partial charge is 0.493 e. The van der Waals surface area contributed by atoms with Crippen molar-refractivity contribution in [1.82, 2.24) is 0 Å². The zero-order valence-corrected chi connectivity index (χ0v) is 10.2. The summed E-state index contributed by atoms with van der Waals surface area (Å²) in [5.41, 5.74) is 6.13. The maximum absolute atomic E-state index is 10.9. The molecule has 0 heterocycles. The van der Waals surface area contributed by atoms with E-state index in [1.54, 1.807) is 18.2 Å². The van der Waals surface area contributed by atoms with Gasteiger partial charge in [-0.15, -0.1) is 0 Å². The predicted octanol–water partition coefficient (Wildman–Crippen LogP) is 0.575. The van der Waals surface area contributed by atoms with Gasteiger partial charge in [0.2, 0.25) is 0 Å². The minimum atomic E-state index is -1.07. The second-order valence-corrected chi connectivity index (χ2v) is 3.73. The van der Waals surface area contributed by atoms with Gasteiger partial charge in [0.25, 0.3) is 0 Å². The highest BCUT2D eigenvalue weighted by Crippen LogP contribution is 2.28. The molecule has 0 amide bonds. The van der Waals surface area contributed by atoms with Crippen LogP contribution < -0.4 is 15.2 Å². The zero-order valence-electron chi connectivity index (χ0n) is 10.2. The summed E-state index contributed by atoms with van der Waals surface area (Å²) in [6.07, 6.45) is 0.173. The fourth-order valence-electron chi connectivity index (χ4n) is 1.42. The molecular formula is C12H15NO5. The molecule has 0 saturated carbocycles. The minimum Gasteiger partial charge on any atom is -0.493 e. The first-order valence-corrected chi connectivity index (χ1v) is 5.27. The highest BCUT2D eigenvalue weighted by atomic mass is 16.6. The van der Waals surface area contributed by atoms with Gasteiger partial charge in [-0.3, -0.25) is 9.59 Å². The maximum atomic E-state index is 10.9. The molecule has 1 aromatic carbocycles. The standard InChI is InChI=1S/C12H15NO5/c1-7(14)18-10-4-3-8(6-11(10)17-2)5-9(13)12(15)16/h3-4,6,9H,5,13H2,1-2H3,(H,15,16). The number of carbonyl (C=O) groups excluding carboxylic acids is 1. The summed E-state index contributed by atoms with van der Waals surface area (Å²) in [6, 6.07) is 3.81. The van der Waals surface area contributed by atoms with Crippen molar-refractivity contribution >= 4 is 11.9 Å². The van der Waals surface area contributed by atoms with Gasteiger partial charge in [0.1, 0.15) is 6.04 Å². The van der Waals surface area contributed by atoms with E-state index in [4.69, 9.17) is 20.3 Å². The Bertz CT molecular complexity index is 458. The number of benzene rings is 1. The van der Waals surface area contributed by atoms with Crippen molar-refractivity contribution in [2.24, 2.45) is 5.73 Å². The molecule has 18 heavy (non-hydrogen) atoms. The lowest BCUT2D eigenvalue weighted by Crippen LogP contribution is -2.32. The second-order valence-electron chi connectivity index (χ2n) is 3.73. The van der Waals surface area contributed by atoms with Gasteiger partial charge in [-0.05, 0) is 24.1 Å². The number of nitrogens with two attached hydrogens (primary N) is 1. The van der Waals surface area contributed by atoms with E-state index in [0.29, 0.717) is 11.3 Å². The SMILES string of the molecule is COc1cc(CC(N)C(=O)O)ccc1OC(C)=O. The Kier molecular flexibility index (Phi) is 4.67. The molecule has 6 heteroatoms. The van der Waals surface area contributed by atoms with Gasteiger partial charge in [0.05, 0.1) is 7.11 Å². The van der Waals surface area contributed by atoms with Crippen LogP contribution in [-0.2, 0) is 16.0 Å². The molecule has 6 nitrogen and oxygen atoms in total. The van der Waals surface area contributed by atoms with E-state index in [2.05, 4.69) is 0 Å². The molecule has 0 radical (unpaired) electrons. The van der Waals surface area contributed by atoms with Crippen molar-refractivity contribution in [2.45, 2.75) is 19.4 Å². The van der Waals surface area contributed by atoms with Gasteiger partial charge < -0.3 is 20.3 Å². The number of carboxylic acid groups (broad SMARTS) is 1. The number of methoxy groups -OCH3 is 1. The molecule has 0 fully saturated rings. The number of carbonyl (C=O) groups is 2. The summed E-state index contributed by atoms with van der Waals surface area (Å²) in [4.78, 5) is 21.5. The summed E-state index contributed by atoms with van der Waals surface area (Å²) in [5, 5.41) is 8.72. The van der Waals surface area contributed by atoms with Crippen LogP contribution in [0.4, 0.5) is 0 Å². The maximum Gasteiger partial charge on any atom is 0.320 e. The Labute approximate surface area is 104 Å². The van der Waals surface area contributed by atoms with Crippen LogP contribution in [0, 0.1) is 0 Å². The fraction of sp³-hybridized carbons (Fsp3) is 0.333. The van der Waals surface area contributed by atoms with Crippen LogP contribution in [0.2, 0.25) is 0 Å². The highest BCUT2D eigenvalue weighted by Gasteiger charge is 2.14. The average Bonchev–Trinajstić information content (AvgIpc) is 2.30. The number of carboxylic acids is 1. The van der Waals surface area contributed by atoms with Crippen LogP contribution >= 0.6 is 0 Å². The van der Waals surface area contributed by atoms with Gasteiger partial charge >= 0.3 is 11.9 Å². The van der Waals surface area contributed by atoms with E-state index in [0.717, 1.165) is 0 Å². The molecule has 0 saturated heterocycles. The number of aliphatic carboxylic acids is 1. The first kappa shape index (κ1) is 14.0. The van der Waals surface area contributed by atoms with Crippen LogP contribution in [0.15, 0.2) is 18.2 Å². The molecule has 0 aromatic heterocycles. The highest BCUT2D eigenvalue weighted by molar-refractivity contribution is 5.73. The molecule has 3 N–H and O–H groups in total. The summed E-state index contributed by atoms with van der Waals surface area (Å²) in [7, 11) is 1.43.